The van der Waals surface area contributed by atoms with Crippen molar-refractivity contribution >= 4 is 5.97 Å². The molecular weight excluding hydrogens is 140 g/mol. The Hall–Kier alpha value is -0.530. The highest BCUT2D eigenvalue weighted by atomic mass is 16.5. The van der Waals surface area contributed by atoms with Gasteiger partial charge in [-0.3, -0.25) is 4.79 Å². The molecule has 0 spiro atoms. The van der Waals surface area contributed by atoms with E-state index in [9.17, 15) is 4.79 Å². The Morgan fingerprint density at radius 3 is 2.64 bits per heavy atom. The zero-order valence-electron chi connectivity index (χ0n) is 7.46. The van der Waals surface area contributed by atoms with Crippen molar-refractivity contribution in [1.29, 1.82) is 0 Å². The lowest BCUT2D eigenvalue weighted by Crippen LogP contribution is -2.31. The van der Waals surface area contributed by atoms with E-state index in [1.54, 1.807) is 0 Å². The van der Waals surface area contributed by atoms with Crippen LogP contribution in [0.5, 0.6) is 0 Å². The molecule has 0 aromatic rings. The molecule has 0 bridgehead atoms. The fourth-order valence-electron chi connectivity index (χ4n) is 1.44. The van der Waals surface area contributed by atoms with Crippen molar-refractivity contribution in [3.05, 3.63) is 0 Å². The summed E-state index contributed by atoms with van der Waals surface area (Å²) in [6.45, 7) is 6.29. The maximum absolute atomic E-state index is 11.0. The molecular formula is C9H16O2. The minimum Gasteiger partial charge on any atom is -0.462 e. The molecule has 1 saturated heterocycles. The summed E-state index contributed by atoms with van der Waals surface area (Å²) in [7, 11) is 0. The van der Waals surface area contributed by atoms with Gasteiger partial charge >= 0.3 is 5.97 Å². The van der Waals surface area contributed by atoms with E-state index in [0.29, 0.717) is 18.3 Å². The first-order chi connectivity index (χ1) is 5.09. The molecule has 0 saturated carbocycles. The fourth-order valence-corrected chi connectivity index (χ4v) is 1.44. The molecule has 0 aromatic heterocycles. The van der Waals surface area contributed by atoms with Crippen molar-refractivity contribution in [2.24, 2.45) is 11.8 Å². The summed E-state index contributed by atoms with van der Waals surface area (Å²) in [4.78, 5) is 11.0. The topological polar surface area (TPSA) is 26.3 Å². The Bertz CT molecular complexity index is 152. The Balaban J connectivity index is 2.49. The number of hydrogen-bond acceptors (Lipinski definition) is 2. The first-order valence-electron chi connectivity index (χ1n) is 4.29. The molecule has 2 nitrogen and oxygen atoms in total. The molecule has 1 fully saturated rings. The highest BCUT2D eigenvalue weighted by Gasteiger charge is 2.27. The van der Waals surface area contributed by atoms with Gasteiger partial charge in [-0.05, 0) is 18.3 Å². The number of ether oxygens (including phenoxy) is 1. The van der Waals surface area contributed by atoms with Crippen LogP contribution >= 0.6 is 0 Å². The number of carbonyl (C=O) groups excluding carboxylic acids is 1. The van der Waals surface area contributed by atoms with E-state index in [0.717, 1.165) is 6.42 Å². The zero-order valence-corrected chi connectivity index (χ0v) is 7.46. The molecule has 64 valence electrons. The van der Waals surface area contributed by atoms with Crippen LogP contribution in [0.1, 0.15) is 33.6 Å². The highest BCUT2D eigenvalue weighted by molar-refractivity contribution is 5.70. The first-order valence-corrected chi connectivity index (χ1v) is 4.29. The molecule has 0 aromatic carbocycles. The normalized spacial score (nSPS) is 32.2. The van der Waals surface area contributed by atoms with Crippen LogP contribution in [0.3, 0.4) is 0 Å². The largest absolute Gasteiger partial charge is 0.462 e. The van der Waals surface area contributed by atoms with Crippen molar-refractivity contribution in [3.63, 3.8) is 0 Å². The van der Waals surface area contributed by atoms with Gasteiger partial charge in [0, 0.05) is 6.42 Å². The van der Waals surface area contributed by atoms with Crippen LogP contribution in [0.4, 0.5) is 0 Å². The van der Waals surface area contributed by atoms with Gasteiger partial charge in [0.25, 0.3) is 0 Å². The lowest BCUT2D eigenvalue weighted by molar-refractivity contribution is -0.159. The minimum absolute atomic E-state index is 0.0255. The Morgan fingerprint density at radius 1 is 1.55 bits per heavy atom. The summed E-state index contributed by atoms with van der Waals surface area (Å²) in [6, 6.07) is 0. The number of esters is 1. The number of cyclic esters (lactones) is 1. The van der Waals surface area contributed by atoms with Crippen molar-refractivity contribution in [3.8, 4) is 0 Å². The summed E-state index contributed by atoms with van der Waals surface area (Å²) >= 11 is 0. The summed E-state index contributed by atoms with van der Waals surface area (Å²) in [5.74, 6) is 0.938. The van der Waals surface area contributed by atoms with Crippen LogP contribution in [-0.2, 0) is 9.53 Å². The van der Waals surface area contributed by atoms with Crippen molar-refractivity contribution in [1.82, 2.24) is 0 Å². The summed E-state index contributed by atoms with van der Waals surface area (Å²) in [5.41, 5.74) is 0. The predicted octanol–water partition coefficient (Wildman–Crippen LogP) is 1.98. The van der Waals surface area contributed by atoms with E-state index in [-0.39, 0.29) is 12.1 Å². The summed E-state index contributed by atoms with van der Waals surface area (Å²) in [5, 5.41) is 0. The van der Waals surface area contributed by atoms with Gasteiger partial charge in [0.2, 0.25) is 0 Å². The van der Waals surface area contributed by atoms with E-state index in [1.807, 2.05) is 0 Å². The second kappa shape index (κ2) is 3.24. The molecule has 2 heteroatoms. The van der Waals surface area contributed by atoms with Gasteiger partial charge in [-0.2, -0.15) is 0 Å². The van der Waals surface area contributed by atoms with Gasteiger partial charge in [-0.15, -0.1) is 0 Å². The minimum atomic E-state index is -0.0255. The van der Waals surface area contributed by atoms with Gasteiger partial charge in [0.1, 0.15) is 6.10 Å². The third-order valence-corrected chi connectivity index (χ3v) is 2.18. The van der Waals surface area contributed by atoms with Gasteiger partial charge in [-0.1, -0.05) is 20.8 Å². The molecule has 2 atom stereocenters. The number of carbonyl (C=O) groups is 1. The first kappa shape index (κ1) is 8.57. The van der Waals surface area contributed by atoms with Crippen LogP contribution in [0.15, 0.2) is 0 Å². The molecule has 0 N–H and O–H groups in total. The monoisotopic (exact) mass is 156 g/mol. The molecule has 1 heterocycles. The third-order valence-electron chi connectivity index (χ3n) is 2.18. The molecule has 1 aliphatic rings. The molecule has 0 unspecified atom stereocenters. The van der Waals surface area contributed by atoms with Crippen molar-refractivity contribution in [2.45, 2.75) is 39.7 Å². The van der Waals surface area contributed by atoms with Crippen LogP contribution < -0.4 is 0 Å². The van der Waals surface area contributed by atoms with Gasteiger partial charge < -0.3 is 4.74 Å². The smallest absolute Gasteiger partial charge is 0.306 e. The quantitative estimate of drug-likeness (QED) is 0.543. The van der Waals surface area contributed by atoms with Crippen LogP contribution in [-0.4, -0.2) is 12.1 Å². The van der Waals surface area contributed by atoms with E-state index in [1.165, 1.54) is 0 Å². The standard InChI is InChI=1S/C9H16O2/c1-6(2)8-4-7(3)5-9(10)11-8/h6-8H,4-5H2,1-3H3/t7-,8+/m1/s1. The Kier molecular flexibility index (Phi) is 2.53. The van der Waals surface area contributed by atoms with E-state index in [2.05, 4.69) is 20.8 Å². The summed E-state index contributed by atoms with van der Waals surface area (Å²) in [6.07, 6.45) is 1.79. The van der Waals surface area contributed by atoms with E-state index < -0.39 is 0 Å². The van der Waals surface area contributed by atoms with Crippen LogP contribution in [0.25, 0.3) is 0 Å². The van der Waals surface area contributed by atoms with Crippen molar-refractivity contribution in [2.75, 3.05) is 0 Å². The van der Waals surface area contributed by atoms with E-state index >= 15 is 0 Å². The van der Waals surface area contributed by atoms with Gasteiger partial charge in [0.05, 0.1) is 0 Å². The van der Waals surface area contributed by atoms with E-state index in [4.69, 9.17) is 4.74 Å². The second-order valence-corrected chi connectivity index (χ2v) is 3.82. The molecule has 0 aliphatic carbocycles. The maximum Gasteiger partial charge on any atom is 0.306 e. The highest BCUT2D eigenvalue weighted by Crippen LogP contribution is 2.24. The number of hydrogen-bond donors (Lipinski definition) is 0. The van der Waals surface area contributed by atoms with Gasteiger partial charge in [0.15, 0.2) is 0 Å². The van der Waals surface area contributed by atoms with Crippen molar-refractivity contribution < 1.29 is 9.53 Å². The lowest BCUT2D eigenvalue weighted by atomic mass is 9.91. The molecule has 11 heavy (non-hydrogen) atoms. The van der Waals surface area contributed by atoms with Crippen LogP contribution in [0, 0.1) is 11.8 Å². The Labute approximate surface area is 67.9 Å². The van der Waals surface area contributed by atoms with Crippen LogP contribution in [0.2, 0.25) is 0 Å². The molecule has 0 amide bonds. The second-order valence-electron chi connectivity index (χ2n) is 3.82. The SMILES string of the molecule is CC(C)[C@@H]1C[C@@H](C)CC(=O)O1. The number of rotatable bonds is 1. The Morgan fingerprint density at radius 2 is 2.18 bits per heavy atom. The average molecular weight is 156 g/mol. The molecule has 1 aliphatic heterocycles. The third kappa shape index (κ3) is 2.21. The maximum atomic E-state index is 11.0. The predicted molar refractivity (Wildman–Crippen MR) is 43.1 cm³/mol. The zero-order chi connectivity index (χ0) is 8.43. The summed E-state index contributed by atoms with van der Waals surface area (Å²) < 4.78 is 5.18. The molecule has 1 rings (SSSR count). The van der Waals surface area contributed by atoms with Gasteiger partial charge in [-0.25, -0.2) is 0 Å². The lowest BCUT2D eigenvalue weighted by Gasteiger charge is -2.29. The average Bonchev–Trinajstić information content (AvgIpc) is 1.85. The molecule has 0 radical (unpaired) electrons. The fraction of sp³-hybridized carbons (Fsp3) is 0.889.